The number of aliphatic carboxylic acids is 1. The number of carbonyl (C=O) groups excluding carboxylic acids is 2. The molecule has 3 amide bonds. The van der Waals surface area contributed by atoms with Crippen LogP contribution in [0.3, 0.4) is 0 Å². The first-order valence-electron chi connectivity index (χ1n) is 6.97. The number of primary amides is 1. The smallest absolute Gasteiger partial charge is 0.312 e. The van der Waals surface area contributed by atoms with Crippen LogP contribution in [0.25, 0.3) is 0 Å². The van der Waals surface area contributed by atoms with Crippen LogP contribution in [0.1, 0.15) is 26.7 Å². The Hall–Kier alpha value is -1.44. The first kappa shape index (κ1) is 17.6. The highest BCUT2D eigenvalue weighted by molar-refractivity contribution is 7.99. The summed E-state index contributed by atoms with van der Waals surface area (Å²) in [6, 6.07) is -1.77. The molecule has 0 radical (unpaired) electrons. The second-order valence-electron chi connectivity index (χ2n) is 5.55. The molecule has 120 valence electrons. The predicted octanol–water partition coefficient (Wildman–Crippen LogP) is 0.488. The van der Waals surface area contributed by atoms with E-state index >= 15 is 0 Å². The zero-order valence-electron chi connectivity index (χ0n) is 12.4. The molecule has 0 aromatic rings. The molecule has 21 heavy (non-hydrogen) atoms. The first-order chi connectivity index (χ1) is 9.81. The molecule has 1 aliphatic rings. The van der Waals surface area contributed by atoms with E-state index in [-0.39, 0.29) is 24.3 Å². The molecule has 1 heterocycles. The Kier molecular flexibility index (Phi) is 6.80. The number of rotatable bonds is 6. The molecule has 4 N–H and O–H groups in total. The van der Waals surface area contributed by atoms with E-state index in [1.165, 1.54) is 0 Å². The van der Waals surface area contributed by atoms with Gasteiger partial charge >= 0.3 is 12.0 Å². The van der Waals surface area contributed by atoms with Gasteiger partial charge in [0.1, 0.15) is 6.04 Å². The van der Waals surface area contributed by atoms with E-state index in [2.05, 4.69) is 5.32 Å². The van der Waals surface area contributed by atoms with Crippen molar-refractivity contribution in [3.8, 4) is 0 Å². The van der Waals surface area contributed by atoms with E-state index in [0.29, 0.717) is 18.7 Å². The van der Waals surface area contributed by atoms with Gasteiger partial charge in [-0.2, -0.15) is 11.8 Å². The topological polar surface area (TPSA) is 113 Å². The molecule has 0 spiro atoms. The van der Waals surface area contributed by atoms with Crippen LogP contribution in [0.4, 0.5) is 4.79 Å². The molecule has 0 saturated carbocycles. The molecule has 2 atom stereocenters. The Morgan fingerprint density at radius 1 is 1.43 bits per heavy atom. The number of carbonyl (C=O) groups is 3. The van der Waals surface area contributed by atoms with Crippen LogP contribution in [0.15, 0.2) is 0 Å². The maximum absolute atomic E-state index is 12.6. The van der Waals surface area contributed by atoms with E-state index in [9.17, 15) is 14.4 Å². The van der Waals surface area contributed by atoms with Crippen molar-refractivity contribution in [3.63, 3.8) is 0 Å². The summed E-state index contributed by atoms with van der Waals surface area (Å²) in [4.78, 5) is 36.2. The maximum Gasteiger partial charge on any atom is 0.312 e. The van der Waals surface area contributed by atoms with Gasteiger partial charge in [-0.3, -0.25) is 9.59 Å². The summed E-state index contributed by atoms with van der Waals surface area (Å²) in [6.45, 7) is 4.39. The molecular formula is C13H23N3O4S. The van der Waals surface area contributed by atoms with E-state index in [1.54, 1.807) is 16.7 Å². The van der Waals surface area contributed by atoms with E-state index in [4.69, 9.17) is 10.8 Å². The lowest BCUT2D eigenvalue weighted by atomic mass is 10.0. The van der Waals surface area contributed by atoms with Crippen molar-refractivity contribution in [1.29, 1.82) is 0 Å². The highest BCUT2D eigenvalue weighted by Crippen LogP contribution is 2.21. The number of amides is 3. The van der Waals surface area contributed by atoms with Gasteiger partial charge in [-0.25, -0.2) is 4.79 Å². The summed E-state index contributed by atoms with van der Waals surface area (Å²) >= 11 is 1.64. The number of nitrogens with two attached hydrogens (primary N) is 1. The average Bonchev–Trinajstić information content (AvgIpc) is 2.36. The lowest BCUT2D eigenvalue weighted by Crippen LogP contribution is -2.56. The van der Waals surface area contributed by atoms with Gasteiger partial charge < -0.3 is 21.1 Å². The molecule has 1 fully saturated rings. The number of urea groups is 1. The SMILES string of the molecule is CC(C)CC(NC(N)=O)C(=O)N1CCSCC1CC(=O)O. The van der Waals surface area contributed by atoms with Gasteiger partial charge in [-0.1, -0.05) is 13.8 Å². The fraction of sp³-hybridized carbons (Fsp3) is 0.769. The van der Waals surface area contributed by atoms with Crippen LogP contribution in [-0.2, 0) is 9.59 Å². The Labute approximate surface area is 128 Å². The van der Waals surface area contributed by atoms with Gasteiger partial charge in [-0.05, 0) is 12.3 Å². The highest BCUT2D eigenvalue weighted by Gasteiger charge is 2.33. The first-order valence-corrected chi connectivity index (χ1v) is 8.12. The molecule has 0 aliphatic carbocycles. The number of carboxylic acids is 1. The van der Waals surface area contributed by atoms with E-state index in [1.807, 2.05) is 13.8 Å². The third-order valence-electron chi connectivity index (χ3n) is 3.24. The van der Waals surface area contributed by atoms with Crippen LogP contribution in [0, 0.1) is 5.92 Å². The van der Waals surface area contributed by atoms with Crippen molar-refractivity contribution < 1.29 is 19.5 Å². The fourth-order valence-electron chi connectivity index (χ4n) is 2.38. The Balaban J connectivity index is 2.82. The summed E-state index contributed by atoms with van der Waals surface area (Å²) in [7, 11) is 0. The molecule has 8 heteroatoms. The number of hydrogen-bond donors (Lipinski definition) is 3. The zero-order valence-corrected chi connectivity index (χ0v) is 13.2. The van der Waals surface area contributed by atoms with Crippen LogP contribution < -0.4 is 11.1 Å². The van der Waals surface area contributed by atoms with Gasteiger partial charge in [-0.15, -0.1) is 0 Å². The Morgan fingerprint density at radius 2 is 2.10 bits per heavy atom. The molecule has 0 bridgehead atoms. The average molecular weight is 317 g/mol. The van der Waals surface area contributed by atoms with Crippen molar-refractivity contribution >= 4 is 29.7 Å². The second kappa shape index (κ2) is 8.11. The number of nitrogens with one attached hydrogen (secondary N) is 1. The molecule has 0 aromatic heterocycles. The molecule has 2 unspecified atom stereocenters. The molecule has 1 saturated heterocycles. The van der Waals surface area contributed by atoms with Crippen LogP contribution >= 0.6 is 11.8 Å². The van der Waals surface area contributed by atoms with Crippen molar-refractivity contribution in [3.05, 3.63) is 0 Å². The molecule has 0 aromatic carbocycles. The van der Waals surface area contributed by atoms with Crippen molar-refractivity contribution in [2.24, 2.45) is 11.7 Å². The number of hydrogen-bond acceptors (Lipinski definition) is 4. The van der Waals surface area contributed by atoms with Gasteiger partial charge in [0.2, 0.25) is 5.91 Å². The van der Waals surface area contributed by atoms with Crippen molar-refractivity contribution in [1.82, 2.24) is 10.2 Å². The monoisotopic (exact) mass is 317 g/mol. The molecular weight excluding hydrogens is 294 g/mol. The highest BCUT2D eigenvalue weighted by atomic mass is 32.2. The minimum Gasteiger partial charge on any atom is -0.481 e. The zero-order chi connectivity index (χ0) is 16.0. The minimum atomic E-state index is -0.927. The number of thioether (sulfide) groups is 1. The lowest BCUT2D eigenvalue weighted by Gasteiger charge is -2.37. The Bertz CT molecular complexity index is 403. The third-order valence-corrected chi connectivity index (χ3v) is 4.33. The quantitative estimate of drug-likeness (QED) is 0.660. The van der Waals surface area contributed by atoms with Gasteiger partial charge in [0.15, 0.2) is 0 Å². The molecule has 7 nitrogen and oxygen atoms in total. The standard InChI is InChI=1S/C13H23N3O4S/c1-8(2)5-10(15-13(14)20)12(19)16-3-4-21-7-9(16)6-11(17)18/h8-10H,3-7H2,1-2H3,(H,17,18)(H3,14,15,20). The summed E-state index contributed by atoms with van der Waals surface area (Å²) in [5.41, 5.74) is 5.13. The van der Waals surface area contributed by atoms with Gasteiger partial charge in [0.05, 0.1) is 12.5 Å². The number of nitrogens with zero attached hydrogens (tertiary/aromatic N) is 1. The normalized spacial score (nSPS) is 20.1. The second-order valence-corrected chi connectivity index (χ2v) is 6.70. The summed E-state index contributed by atoms with van der Waals surface area (Å²) < 4.78 is 0. The van der Waals surface area contributed by atoms with Gasteiger partial charge in [0.25, 0.3) is 0 Å². The largest absolute Gasteiger partial charge is 0.481 e. The van der Waals surface area contributed by atoms with Crippen LogP contribution in [0.5, 0.6) is 0 Å². The van der Waals surface area contributed by atoms with E-state index in [0.717, 1.165) is 5.75 Å². The summed E-state index contributed by atoms with van der Waals surface area (Å²) in [5, 5.41) is 11.4. The van der Waals surface area contributed by atoms with Crippen molar-refractivity contribution in [2.45, 2.75) is 38.8 Å². The summed E-state index contributed by atoms with van der Waals surface area (Å²) in [6.07, 6.45) is 0.398. The lowest BCUT2D eigenvalue weighted by molar-refractivity contribution is -0.141. The molecule has 1 aliphatic heterocycles. The predicted molar refractivity (Wildman–Crippen MR) is 81.0 cm³/mol. The Morgan fingerprint density at radius 3 is 2.62 bits per heavy atom. The van der Waals surface area contributed by atoms with Crippen molar-refractivity contribution in [2.75, 3.05) is 18.1 Å². The third kappa shape index (κ3) is 5.82. The van der Waals surface area contributed by atoms with Crippen LogP contribution in [-0.4, -0.2) is 58.0 Å². The van der Waals surface area contributed by atoms with E-state index < -0.39 is 18.0 Å². The molecule has 1 rings (SSSR count). The van der Waals surface area contributed by atoms with Gasteiger partial charge in [0, 0.05) is 18.1 Å². The summed E-state index contributed by atoms with van der Waals surface area (Å²) in [5.74, 6) is 0.413. The number of carboxylic acid groups (broad SMARTS) is 1. The van der Waals surface area contributed by atoms with Crippen LogP contribution in [0.2, 0.25) is 0 Å². The fourth-order valence-corrected chi connectivity index (χ4v) is 3.44. The minimum absolute atomic E-state index is 0.0797. The maximum atomic E-state index is 12.6.